The quantitative estimate of drug-likeness (QED) is 0.824. The summed E-state index contributed by atoms with van der Waals surface area (Å²) in [5, 5.41) is 3.82. The van der Waals surface area contributed by atoms with Crippen LogP contribution in [0.1, 0.15) is 21.6 Å². The summed E-state index contributed by atoms with van der Waals surface area (Å²) in [6.07, 6.45) is -3.09. The van der Waals surface area contributed by atoms with Gasteiger partial charge in [0.05, 0.1) is 16.1 Å². The minimum Gasteiger partial charge on any atom is -0.317 e. The lowest BCUT2D eigenvalue weighted by molar-refractivity contribution is -0.0687. The van der Waals surface area contributed by atoms with E-state index in [2.05, 4.69) is 5.43 Å². The topological polar surface area (TPSA) is 15.3 Å². The Bertz CT molecular complexity index is 832. The van der Waals surface area contributed by atoms with Crippen molar-refractivity contribution in [1.82, 2.24) is 10.4 Å². The Balaban J connectivity index is 2.04. The molecule has 0 bridgehead atoms. The lowest BCUT2D eigenvalue weighted by Crippen LogP contribution is -2.31. The van der Waals surface area contributed by atoms with Gasteiger partial charge in [0.2, 0.25) is 0 Å². The number of halogens is 3. The van der Waals surface area contributed by atoms with Crippen LogP contribution in [-0.4, -0.2) is 18.2 Å². The number of nitrogens with one attached hydrogen (secondary N) is 1. The smallest absolute Gasteiger partial charge is 0.317 e. The second-order valence-electron chi connectivity index (χ2n) is 5.63. The third-order valence-electron chi connectivity index (χ3n) is 4.05. The predicted octanol–water partition coefficient (Wildman–Crippen LogP) is 4.53. The predicted molar refractivity (Wildman–Crippen MR) is 86.2 cm³/mol. The summed E-state index contributed by atoms with van der Waals surface area (Å²) in [5.74, 6) is 0. The van der Waals surface area contributed by atoms with E-state index < -0.39 is 11.7 Å². The zero-order valence-electron chi connectivity index (χ0n) is 12.2. The Morgan fingerprint density at radius 3 is 2.70 bits per heavy atom. The summed E-state index contributed by atoms with van der Waals surface area (Å²) >= 11 is 1.51. The number of hydrogen-bond acceptors (Lipinski definition) is 3. The standard InChI is InChI=1S/C17H13F3N2S/c1-22-9-10-4-2-5-11-13(17(18,19)20)8-12(15(10)11)16(21-22)14-6-3-7-23-14/h2-8,21H,9H2,1H3. The molecule has 1 aromatic heterocycles. The van der Waals surface area contributed by atoms with E-state index in [9.17, 15) is 13.2 Å². The van der Waals surface area contributed by atoms with Crippen LogP contribution in [0.15, 0.2) is 41.8 Å². The first-order chi connectivity index (χ1) is 10.9. The van der Waals surface area contributed by atoms with Gasteiger partial charge in [-0.1, -0.05) is 24.3 Å². The molecule has 0 atom stereocenters. The van der Waals surface area contributed by atoms with Crippen molar-refractivity contribution in [3.63, 3.8) is 0 Å². The van der Waals surface area contributed by atoms with Crippen molar-refractivity contribution in [1.29, 1.82) is 0 Å². The molecule has 0 radical (unpaired) electrons. The van der Waals surface area contributed by atoms with E-state index in [0.29, 0.717) is 17.7 Å². The van der Waals surface area contributed by atoms with Gasteiger partial charge < -0.3 is 5.43 Å². The van der Waals surface area contributed by atoms with Gasteiger partial charge in [0.1, 0.15) is 0 Å². The molecule has 2 aliphatic rings. The van der Waals surface area contributed by atoms with E-state index in [-0.39, 0.29) is 5.56 Å². The van der Waals surface area contributed by atoms with Crippen LogP contribution in [0.2, 0.25) is 0 Å². The van der Waals surface area contributed by atoms with Gasteiger partial charge in [0, 0.05) is 19.2 Å². The molecule has 2 aromatic rings. The van der Waals surface area contributed by atoms with Gasteiger partial charge in [-0.25, -0.2) is 5.01 Å². The van der Waals surface area contributed by atoms with Gasteiger partial charge in [0.25, 0.3) is 0 Å². The molecule has 4 rings (SSSR count). The van der Waals surface area contributed by atoms with Crippen LogP contribution in [0.4, 0.5) is 13.2 Å². The van der Waals surface area contributed by atoms with Crippen molar-refractivity contribution in [3.8, 4) is 0 Å². The monoisotopic (exact) mass is 334 g/mol. The largest absolute Gasteiger partial charge is 0.417 e. The lowest BCUT2D eigenvalue weighted by Gasteiger charge is -2.19. The Morgan fingerprint density at radius 2 is 2.00 bits per heavy atom. The van der Waals surface area contributed by atoms with E-state index in [4.69, 9.17) is 0 Å². The summed E-state index contributed by atoms with van der Waals surface area (Å²) in [7, 11) is 1.89. The highest BCUT2D eigenvalue weighted by Crippen LogP contribution is 2.48. The first-order valence-electron chi connectivity index (χ1n) is 7.12. The normalized spacial score (nSPS) is 17.7. The molecule has 0 amide bonds. The van der Waals surface area contributed by atoms with Gasteiger partial charge in [-0.05, 0) is 34.2 Å². The average Bonchev–Trinajstić information content (AvgIpc) is 3.09. The van der Waals surface area contributed by atoms with Crippen LogP contribution in [0.5, 0.6) is 0 Å². The number of alkyl halides is 3. The molecule has 1 aromatic carbocycles. The molecule has 1 aliphatic heterocycles. The Labute approximate surface area is 135 Å². The van der Waals surface area contributed by atoms with Crippen molar-refractivity contribution in [2.45, 2.75) is 12.7 Å². The summed E-state index contributed by atoms with van der Waals surface area (Å²) in [5.41, 5.74) is 5.90. The number of nitrogens with zero attached hydrogens (tertiary/aromatic N) is 1. The molecule has 118 valence electrons. The molecular formula is C17H13F3N2S. The van der Waals surface area contributed by atoms with E-state index in [1.54, 1.807) is 12.1 Å². The zero-order chi connectivity index (χ0) is 16.2. The maximum absolute atomic E-state index is 13.4. The fourth-order valence-electron chi connectivity index (χ4n) is 3.16. The van der Waals surface area contributed by atoms with Crippen molar-refractivity contribution in [3.05, 3.63) is 63.4 Å². The molecule has 0 saturated carbocycles. The van der Waals surface area contributed by atoms with E-state index in [0.717, 1.165) is 16.1 Å². The highest BCUT2D eigenvalue weighted by atomic mass is 32.1. The molecule has 23 heavy (non-hydrogen) atoms. The number of thiophene rings is 1. The first kappa shape index (κ1) is 14.5. The highest BCUT2D eigenvalue weighted by molar-refractivity contribution is 7.11. The Morgan fingerprint density at radius 1 is 1.17 bits per heavy atom. The molecular weight excluding hydrogens is 321 g/mol. The van der Waals surface area contributed by atoms with Gasteiger partial charge >= 0.3 is 6.18 Å². The highest BCUT2D eigenvalue weighted by Gasteiger charge is 2.41. The van der Waals surface area contributed by atoms with Crippen molar-refractivity contribution in [2.75, 3.05) is 7.05 Å². The molecule has 0 unspecified atom stereocenters. The summed E-state index contributed by atoms with van der Waals surface area (Å²) in [4.78, 5) is 0.925. The Kier molecular flexibility index (Phi) is 3.14. The summed E-state index contributed by atoms with van der Waals surface area (Å²) in [6, 6.07) is 8.96. The molecule has 1 aliphatic carbocycles. The summed E-state index contributed by atoms with van der Waals surface area (Å²) < 4.78 is 40.3. The SMILES string of the molecule is CN1Cc2cccc3c2C(=C(c2cccs2)N1)C=C3C(F)(F)F. The fraction of sp³-hybridized carbons (Fsp3) is 0.176. The van der Waals surface area contributed by atoms with E-state index in [1.807, 2.05) is 35.6 Å². The minimum atomic E-state index is -4.36. The van der Waals surface area contributed by atoms with E-state index >= 15 is 0 Å². The molecule has 2 nitrogen and oxygen atoms in total. The van der Waals surface area contributed by atoms with Crippen molar-refractivity contribution in [2.24, 2.45) is 0 Å². The van der Waals surface area contributed by atoms with Gasteiger partial charge in [-0.15, -0.1) is 11.3 Å². The Hall–Kier alpha value is -2.05. The van der Waals surface area contributed by atoms with Crippen LogP contribution in [0.3, 0.4) is 0 Å². The maximum Gasteiger partial charge on any atom is 0.417 e. The van der Waals surface area contributed by atoms with Crippen LogP contribution in [-0.2, 0) is 6.54 Å². The summed E-state index contributed by atoms with van der Waals surface area (Å²) in [6.45, 7) is 0.542. The number of rotatable bonds is 1. The minimum absolute atomic E-state index is 0.274. The van der Waals surface area contributed by atoms with Gasteiger partial charge in [-0.2, -0.15) is 13.2 Å². The average molecular weight is 334 g/mol. The van der Waals surface area contributed by atoms with Crippen LogP contribution in [0.25, 0.3) is 16.8 Å². The van der Waals surface area contributed by atoms with Gasteiger partial charge in [0.15, 0.2) is 0 Å². The number of allylic oxidation sites excluding steroid dienone is 3. The molecule has 1 N–H and O–H groups in total. The molecule has 0 spiro atoms. The fourth-order valence-corrected chi connectivity index (χ4v) is 3.89. The second-order valence-corrected chi connectivity index (χ2v) is 6.58. The maximum atomic E-state index is 13.4. The molecule has 6 heteroatoms. The van der Waals surface area contributed by atoms with Crippen LogP contribution >= 0.6 is 11.3 Å². The third kappa shape index (κ3) is 2.29. The van der Waals surface area contributed by atoms with Gasteiger partial charge in [-0.3, -0.25) is 0 Å². The third-order valence-corrected chi connectivity index (χ3v) is 4.94. The molecule has 0 saturated heterocycles. The van der Waals surface area contributed by atoms with Crippen LogP contribution < -0.4 is 5.43 Å². The molecule has 0 fully saturated rings. The number of hydrogen-bond donors (Lipinski definition) is 1. The lowest BCUT2D eigenvalue weighted by atomic mass is 9.97. The first-order valence-corrected chi connectivity index (χ1v) is 8.00. The van der Waals surface area contributed by atoms with Crippen molar-refractivity contribution < 1.29 is 13.2 Å². The number of benzene rings is 1. The second kappa shape index (κ2) is 4.97. The van der Waals surface area contributed by atoms with Crippen LogP contribution in [0, 0.1) is 0 Å². The molecule has 2 heterocycles. The van der Waals surface area contributed by atoms with Crippen molar-refractivity contribution >= 4 is 28.2 Å². The zero-order valence-corrected chi connectivity index (χ0v) is 13.1. The van der Waals surface area contributed by atoms with E-state index in [1.165, 1.54) is 17.4 Å². The number of hydrazine groups is 1.